The Hall–Kier alpha value is -1.81. The van der Waals surface area contributed by atoms with Crippen LogP contribution in [0.15, 0.2) is 23.5 Å². The highest BCUT2D eigenvalue weighted by Gasteiger charge is 2.16. The summed E-state index contributed by atoms with van der Waals surface area (Å²) in [6, 6.07) is 0. The van der Waals surface area contributed by atoms with E-state index in [-0.39, 0.29) is 4.90 Å². The second-order valence-electron chi connectivity index (χ2n) is 2.88. The van der Waals surface area contributed by atoms with Crippen molar-refractivity contribution < 1.29 is 8.42 Å². The van der Waals surface area contributed by atoms with Crippen molar-refractivity contribution in [3.05, 3.63) is 18.6 Å². The standard InChI is InChI=1S/C7H8N6O2S2/c1-8-7-9-2-5(3-10-7)17(14,15)12-6-4-11-13-16-6/h2-4,12H,1H3,(H,8,9,10). The first-order valence-corrected chi connectivity index (χ1v) is 6.67. The summed E-state index contributed by atoms with van der Waals surface area (Å²) in [6.45, 7) is 0. The Morgan fingerprint density at radius 1 is 1.24 bits per heavy atom. The zero-order valence-corrected chi connectivity index (χ0v) is 10.3. The van der Waals surface area contributed by atoms with E-state index in [1.807, 2.05) is 0 Å². The summed E-state index contributed by atoms with van der Waals surface area (Å²) < 4.78 is 29.5. The molecule has 0 aliphatic carbocycles. The van der Waals surface area contributed by atoms with Crippen molar-refractivity contribution in [2.45, 2.75) is 4.90 Å². The highest BCUT2D eigenvalue weighted by Crippen LogP contribution is 2.16. The van der Waals surface area contributed by atoms with E-state index >= 15 is 0 Å². The van der Waals surface area contributed by atoms with E-state index in [2.05, 4.69) is 29.6 Å². The molecule has 8 nitrogen and oxygen atoms in total. The molecule has 0 fully saturated rings. The minimum absolute atomic E-state index is 0.0232. The Labute approximate surface area is 101 Å². The number of sulfonamides is 1. The van der Waals surface area contributed by atoms with Gasteiger partial charge in [0.15, 0.2) is 0 Å². The molecule has 0 aliphatic heterocycles. The lowest BCUT2D eigenvalue weighted by Crippen LogP contribution is -2.13. The average Bonchev–Trinajstić information content (AvgIpc) is 2.81. The molecular weight excluding hydrogens is 264 g/mol. The first kappa shape index (κ1) is 11.7. The number of nitrogens with zero attached hydrogens (tertiary/aromatic N) is 4. The van der Waals surface area contributed by atoms with Crippen LogP contribution in [0.5, 0.6) is 0 Å². The lowest BCUT2D eigenvalue weighted by molar-refractivity contribution is 0.600. The van der Waals surface area contributed by atoms with Gasteiger partial charge in [-0.05, 0) is 0 Å². The largest absolute Gasteiger partial charge is 0.357 e. The molecule has 0 unspecified atom stereocenters. The zero-order valence-electron chi connectivity index (χ0n) is 8.65. The van der Waals surface area contributed by atoms with Gasteiger partial charge in [0.05, 0.1) is 18.6 Å². The monoisotopic (exact) mass is 272 g/mol. The molecule has 0 amide bonds. The molecule has 0 spiro atoms. The molecule has 0 aromatic carbocycles. The maximum absolute atomic E-state index is 11.8. The van der Waals surface area contributed by atoms with E-state index in [9.17, 15) is 8.42 Å². The quantitative estimate of drug-likeness (QED) is 0.816. The summed E-state index contributed by atoms with van der Waals surface area (Å²) in [5, 5.41) is 6.56. The van der Waals surface area contributed by atoms with Gasteiger partial charge in [-0.2, -0.15) is 0 Å². The van der Waals surface area contributed by atoms with Gasteiger partial charge in [-0.25, -0.2) is 18.4 Å². The average molecular weight is 272 g/mol. The van der Waals surface area contributed by atoms with E-state index in [1.165, 1.54) is 18.6 Å². The molecule has 0 radical (unpaired) electrons. The fraction of sp³-hybridized carbons (Fsp3) is 0.143. The molecule has 17 heavy (non-hydrogen) atoms. The molecule has 0 saturated carbocycles. The fourth-order valence-electron chi connectivity index (χ4n) is 0.988. The minimum atomic E-state index is -3.68. The van der Waals surface area contributed by atoms with Gasteiger partial charge in [-0.15, -0.1) is 5.10 Å². The van der Waals surface area contributed by atoms with Crippen molar-refractivity contribution in [3.8, 4) is 0 Å². The van der Waals surface area contributed by atoms with E-state index in [1.54, 1.807) is 7.05 Å². The normalized spacial score (nSPS) is 11.1. The molecule has 2 heterocycles. The predicted molar refractivity (Wildman–Crippen MR) is 62.3 cm³/mol. The lowest BCUT2D eigenvalue weighted by atomic mass is 10.7. The molecule has 2 aromatic rings. The third-order valence-electron chi connectivity index (χ3n) is 1.76. The van der Waals surface area contributed by atoms with Gasteiger partial charge >= 0.3 is 0 Å². The van der Waals surface area contributed by atoms with Crippen molar-refractivity contribution in [3.63, 3.8) is 0 Å². The van der Waals surface area contributed by atoms with Crippen LogP contribution in [0.25, 0.3) is 0 Å². The Morgan fingerprint density at radius 3 is 2.47 bits per heavy atom. The number of rotatable bonds is 4. The number of nitrogens with one attached hydrogen (secondary N) is 2. The lowest BCUT2D eigenvalue weighted by Gasteiger charge is -2.04. The molecule has 2 rings (SSSR count). The van der Waals surface area contributed by atoms with Gasteiger partial charge in [-0.3, -0.25) is 4.72 Å². The molecular formula is C7H8N6O2S2. The van der Waals surface area contributed by atoms with Gasteiger partial charge in [-0.1, -0.05) is 4.49 Å². The Bertz CT molecular complexity index is 579. The van der Waals surface area contributed by atoms with Crippen LogP contribution < -0.4 is 10.0 Å². The number of hydrogen-bond acceptors (Lipinski definition) is 8. The molecule has 90 valence electrons. The van der Waals surface area contributed by atoms with Gasteiger partial charge in [0.1, 0.15) is 9.90 Å². The molecule has 0 atom stereocenters. The Morgan fingerprint density at radius 2 is 1.94 bits per heavy atom. The van der Waals surface area contributed by atoms with Crippen LogP contribution >= 0.6 is 11.5 Å². The van der Waals surface area contributed by atoms with Gasteiger partial charge in [0.2, 0.25) is 5.95 Å². The van der Waals surface area contributed by atoms with Crippen LogP contribution in [-0.4, -0.2) is 35.0 Å². The van der Waals surface area contributed by atoms with Gasteiger partial charge in [0, 0.05) is 18.6 Å². The van der Waals surface area contributed by atoms with Crippen molar-refractivity contribution in [1.29, 1.82) is 0 Å². The third kappa shape index (κ3) is 2.65. The van der Waals surface area contributed by atoms with Crippen molar-refractivity contribution in [2.24, 2.45) is 0 Å². The SMILES string of the molecule is CNc1ncc(S(=O)(=O)Nc2cnns2)cn1. The smallest absolute Gasteiger partial charge is 0.265 e. The van der Waals surface area contributed by atoms with E-state index in [0.717, 1.165) is 11.5 Å². The molecule has 2 N–H and O–H groups in total. The third-order valence-corrected chi connectivity index (χ3v) is 3.79. The van der Waals surface area contributed by atoms with Crippen LogP contribution in [0, 0.1) is 0 Å². The molecule has 10 heteroatoms. The Kier molecular flexibility index (Phi) is 3.15. The zero-order chi connectivity index (χ0) is 12.3. The van der Waals surface area contributed by atoms with Crippen molar-refractivity contribution in [2.75, 3.05) is 17.1 Å². The molecule has 2 aromatic heterocycles. The predicted octanol–water partition coefficient (Wildman–Crippen LogP) is 0.171. The van der Waals surface area contributed by atoms with Crippen LogP contribution in [0.3, 0.4) is 0 Å². The topological polar surface area (TPSA) is 110 Å². The van der Waals surface area contributed by atoms with Crippen molar-refractivity contribution >= 4 is 32.5 Å². The van der Waals surface area contributed by atoms with Crippen LogP contribution in [0.1, 0.15) is 0 Å². The second kappa shape index (κ2) is 4.59. The second-order valence-corrected chi connectivity index (χ2v) is 5.35. The van der Waals surface area contributed by atoms with Crippen molar-refractivity contribution in [1.82, 2.24) is 19.6 Å². The fourth-order valence-corrected chi connectivity index (χ4v) is 2.56. The molecule has 0 aliphatic rings. The summed E-state index contributed by atoms with van der Waals surface area (Å²) in [7, 11) is -2.04. The van der Waals surface area contributed by atoms with E-state index in [0.29, 0.717) is 10.9 Å². The van der Waals surface area contributed by atoms with E-state index in [4.69, 9.17) is 0 Å². The van der Waals surface area contributed by atoms with Crippen LogP contribution in [-0.2, 0) is 10.0 Å². The number of hydrogen-bond donors (Lipinski definition) is 2. The minimum Gasteiger partial charge on any atom is -0.357 e. The van der Waals surface area contributed by atoms with Gasteiger partial charge < -0.3 is 5.32 Å². The Balaban J connectivity index is 2.25. The molecule has 0 saturated heterocycles. The molecule has 0 bridgehead atoms. The van der Waals surface area contributed by atoms with Crippen LogP contribution in [0.4, 0.5) is 10.9 Å². The van der Waals surface area contributed by atoms with Crippen LogP contribution in [0.2, 0.25) is 0 Å². The number of anilines is 2. The summed E-state index contributed by atoms with van der Waals surface area (Å²) in [5.74, 6) is 0.350. The first-order chi connectivity index (χ1) is 8.12. The summed E-state index contributed by atoms with van der Waals surface area (Å²) in [6.07, 6.45) is 3.76. The number of aromatic nitrogens is 4. The highest BCUT2D eigenvalue weighted by atomic mass is 32.2. The summed E-state index contributed by atoms with van der Waals surface area (Å²) in [5.41, 5.74) is 0. The van der Waals surface area contributed by atoms with Gasteiger partial charge in [0.25, 0.3) is 10.0 Å². The highest BCUT2D eigenvalue weighted by molar-refractivity contribution is 7.93. The summed E-state index contributed by atoms with van der Waals surface area (Å²) >= 11 is 0.948. The summed E-state index contributed by atoms with van der Waals surface area (Å²) in [4.78, 5) is 7.62. The first-order valence-electron chi connectivity index (χ1n) is 4.42. The maximum Gasteiger partial charge on any atom is 0.265 e. The maximum atomic E-state index is 11.8. The van der Waals surface area contributed by atoms with E-state index < -0.39 is 10.0 Å².